The van der Waals surface area contributed by atoms with Crippen LogP contribution in [-0.2, 0) is 4.79 Å². The van der Waals surface area contributed by atoms with Crippen LogP contribution in [0, 0.1) is 6.92 Å². The van der Waals surface area contributed by atoms with Crippen molar-refractivity contribution in [2.75, 3.05) is 11.4 Å². The number of anilines is 1. The Balaban J connectivity index is 2.53. The molecule has 1 N–H and O–H groups in total. The largest absolute Gasteiger partial charge is 0.478 e. The molecule has 1 aliphatic heterocycles. The third-order valence-corrected chi connectivity index (χ3v) is 2.81. The first-order valence-corrected chi connectivity index (χ1v) is 5.24. The van der Waals surface area contributed by atoms with Gasteiger partial charge in [0.1, 0.15) is 0 Å². The second kappa shape index (κ2) is 3.96. The standard InChI is InChI=1S/C12H13NO3/c1-8-4-2-5-9(12(15)16)11(8)13-7-3-6-10(13)14/h2,4-5H,3,6-7H2,1H3,(H,15,16). The van der Waals surface area contributed by atoms with Crippen LogP contribution < -0.4 is 4.90 Å². The van der Waals surface area contributed by atoms with Gasteiger partial charge in [0.15, 0.2) is 0 Å². The zero-order chi connectivity index (χ0) is 11.7. The Hall–Kier alpha value is -1.84. The van der Waals surface area contributed by atoms with Crippen LogP contribution in [0.3, 0.4) is 0 Å². The SMILES string of the molecule is Cc1cccc(C(=O)O)c1N1CCCC1=O. The highest BCUT2D eigenvalue weighted by atomic mass is 16.4. The number of rotatable bonds is 2. The van der Waals surface area contributed by atoms with Gasteiger partial charge in [0.05, 0.1) is 11.3 Å². The summed E-state index contributed by atoms with van der Waals surface area (Å²) >= 11 is 0. The van der Waals surface area contributed by atoms with E-state index in [0.29, 0.717) is 18.7 Å². The van der Waals surface area contributed by atoms with Crippen molar-refractivity contribution in [1.29, 1.82) is 0 Å². The summed E-state index contributed by atoms with van der Waals surface area (Å²) in [6, 6.07) is 5.06. The summed E-state index contributed by atoms with van der Waals surface area (Å²) in [5.41, 5.74) is 1.59. The number of hydrogen-bond acceptors (Lipinski definition) is 2. The number of nitrogens with zero attached hydrogens (tertiary/aromatic N) is 1. The number of para-hydroxylation sites is 1. The zero-order valence-electron chi connectivity index (χ0n) is 9.06. The van der Waals surface area contributed by atoms with E-state index in [2.05, 4.69) is 0 Å². The van der Waals surface area contributed by atoms with E-state index < -0.39 is 5.97 Å². The average molecular weight is 219 g/mol. The maximum atomic E-state index is 11.6. The number of hydrogen-bond donors (Lipinski definition) is 1. The van der Waals surface area contributed by atoms with Crippen molar-refractivity contribution in [2.45, 2.75) is 19.8 Å². The predicted molar refractivity (Wildman–Crippen MR) is 59.7 cm³/mol. The molecule has 1 aromatic rings. The first-order valence-electron chi connectivity index (χ1n) is 5.24. The van der Waals surface area contributed by atoms with Gasteiger partial charge in [0.2, 0.25) is 5.91 Å². The minimum absolute atomic E-state index is 0.0109. The zero-order valence-corrected chi connectivity index (χ0v) is 9.06. The third kappa shape index (κ3) is 1.66. The number of amides is 1. The second-order valence-corrected chi connectivity index (χ2v) is 3.93. The quantitative estimate of drug-likeness (QED) is 0.825. The van der Waals surface area contributed by atoms with E-state index in [0.717, 1.165) is 12.0 Å². The molecule has 1 aliphatic rings. The lowest BCUT2D eigenvalue weighted by Crippen LogP contribution is -2.26. The van der Waals surface area contributed by atoms with Crippen LogP contribution in [0.4, 0.5) is 5.69 Å². The summed E-state index contributed by atoms with van der Waals surface area (Å²) in [4.78, 5) is 24.3. The predicted octanol–water partition coefficient (Wildman–Crippen LogP) is 1.82. The highest BCUT2D eigenvalue weighted by Crippen LogP contribution is 2.29. The van der Waals surface area contributed by atoms with Crippen LogP contribution in [0.2, 0.25) is 0 Å². The van der Waals surface area contributed by atoms with Gasteiger partial charge in [0.25, 0.3) is 0 Å². The van der Waals surface area contributed by atoms with E-state index in [1.54, 1.807) is 11.0 Å². The molecule has 1 fully saturated rings. The van der Waals surface area contributed by atoms with Crippen molar-refractivity contribution >= 4 is 17.6 Å². The van der Waals surface area contributed by atoms with Crippen LogP contribution in [0.5, 0.6) is 0 Å². The van der Waals surface area contributed by atoms with Gasteiger partial charge in [-0.15, -0.1) is 0 Å². The number of aryl methyl sites for hydroxylation is 1. The lowest BCUT2D eigenvalue weighted by Gasteiger charge is -2.20. The minimum Gasteiger partial charge on any atom is -0.478 e. The average Bonchev–Trinajstić information content (AvgIpc) is 2.64. The van der Waals surface area contributed by atoms with Gasteiger partial charge in [0, 0.05) is 13.0 Å². The normalized spacial score (nSPS) is 15.6. The fraction of sp³-hybridized carbons (Fsp3) is 0.333. The molecule has 0 bridgehead atoms. The Labute approximate surface area is 93.5 Å². The fourth-order valence-corrected chi connectivity index (χ4v) is 2.07. The summed E-state index contributed by atoms with van der Waals surface area (Å²) in [6.45, 7) is 2.44. The molecule has 4 nitrogen and oxygen atoms in total. The maximum absolute atomic E-state index is 11.6. The molecule has 1 aromatic carbocycles. The number of aromatic carboxylic acids is 1. The number of benzene rings is 1. The molecule has 84 valence electrons. The summed E-state index contributed by atoms with van der Waals surface area (Å²) < 4.78 is 0. The Bertz CT molecular complexity index is 454. The van der Waals surface area contributed by atoms with E-state index in [-0.39, 0.29) is 11.5 Å². The van der Waals surface area contributed by atoms with Gasteiger partial charge in [-0.3, -0.25) is 4.79 Å². The molecule has 1 saturated heterocycles. The number of carboxylic acids is 1. The molecular weight excluding hydrogens is 206 g/mol. The van der Waals surface area contributed by atoms with Crippen molar-refractivity contribution in [3.05, 3.63) is 29.3 Å². The Morgan fingerprint density at radius 2 is 2.19 bits per heavy atom. The first kappa shape index (κ1) is 10.7. The second-order valence-electron chi connectivity index (χ2n) is 3.93. The summed E-state index contributed by atoms with van der Waals surface area (Å²) in [5, 5.41) is 9.10. The highest BCUT2D eigenvalue weighted by Gasteiger charge is 2.26. The highest BCUT2D eigenvalue weighted by molar-refractivity contribution is 6.03. The topological polar surface area (TPSA) is 57.6 Å². The van der Waals surface area contributed by atoms with E-state index >= 15 is 0 Å². The maximum Gasteiger partial charge on any atom is 0.337 e. The van der Waals surface area contributed by atoms with Crippen molar-refractivity contribution in [1.82, 2.24) is 0 Å². The molecule has 0 atom stereocenters. The molecule has 0 spiro atoms. The smallest absolute Gasteiger partial charge is 0.337 e. The van der Waals surface area contributed by atoms with Crippen LogP contribution >= 0.6 is 0 Å². The Morgan fingerprint density at radius 1 is 1.44 bits per heavy atom. The summed E-state index contributed by atoms with van der Waals surface area (Å²) in [7, 11) is 0. The molecular formula is C12H13NO3. The van der Waals surface area contributed by atoms with Crippen LogP contribution in [0.1, 0.15) is 28.8 Å². The van der Waals surface area contributed by atoms with E-state index in [1.165, 1.54) is 6.07 Å². The lowest BCUT2D eigenvalue weighted by atomic mass is 10.1. The molecule has 1 amide bonds. The van der Waals surface area contributed by atoms with E-state index in [4.69, 9.17) is 5.11 Å². The third-order valence-electron chi connectivity index (χ3n) is 2.81. The van der Waals surface area contributed by atoms with Crippen molar-refractivity contribution in [3.63, 3.8) is 0 Å². The van der Waals surface area contributed by atoms with Gasteiger partial charge in [-0.1, -0.05) is 12.1 Å². The molecule has 0 radical (unpaired) electrons. The molecule has 2 rings (SSSR count). The van der Waals surface area contributed by atoms with Crippen molar-refractivity contribution in [3.8, 4) is 0 Å². The minimum atomic E-state index is -0.988. The summed E-state index contributed by atoms with van der Waals surface area (Å²) in [6.07, 6.45) is 1.31. The molecule has 0 saturated carbocycles. The number of carboxylic acid groups (broad SMARTS) is 1. The van der Waals surface area contributed by atoms with Crippen molar-refractivity contribution < 1.29 is 14.7 Å². The molecule has 0 aliphatic carbocycles. The monoisotopic (exact) mass is 219 g/mol. The number of carbonyl (C=O) groups is 2. The van der Waals surface area contributed by atoms with Gasteiger partial charge in [-0.25, -0.2) is 4.79 Å². The van der Waals surface area contributed by atoms with E-state index in [9.17, 15) is 9.59 Å². The molecule has 16 heavy (non-hydrogen) atoms. The molecule has 0 aromatic heterocycles. The molecule has 0 unspecified atom stereocenters. The summed E-state index contributed by atoms with van der Waals surface area (Å²) in [5.74, 6) is -0.977. The van der Waals surface area contributed by atoms with Gasteiger partial charge in [-0.05, 0) is 25.0 Å². The molecule has 4 heteroatoms. The van der Waals surface area contributed by atoms with Gasteiger partial charge >= 0.3 is 5.97 Å². The van der Waals surface area contributed by atoms with Gasteiger partial charge < -0.3 is 10.0 Å². The fourth-order valence-electron chi connectivity index (χ4n) is 2.07. The Morgan fingerprint density at radius 3 is 2.75 bits per heavy atom. The van der Waals surface area contributed by atoms with E-state index in [1.807, 2.05) is 13.0 Å². The lowest BCUT2D eigenvalue weighted by molar-refractivity contribution is -0.117. The molecule has 1 heterocycles. The van der Waals surface area contributed by atoms with Gasteiger partial charge in [-0.2, -0.15) is 0 Å². The first-order chi connectivity index (χ1) is 7.61. The van der Waals surface area contributed by atoms with Crippen LogP contribution in [0.15, 0.2) is 18.2 Å². The Kier molecular flexibility index (Phi) is 2.64. The number of carbonyl (C=O) groups excluding carboxylic acids is 1. The van der Waals surface area contributed by atoms with Crippen molar-refractivity contribution in [2.24, 2.45) is 0 Å². The van der Waals surface area contributed by atoms with Crippen LogP contribution in [0.25, 0.3) is 0 Å². The van der Waals surface area contributed by atoms with Crippen LogP contribution in [-0.4, -0.2) is 23.5 Å².